The summed E-state index contributed by atoms with van der Waals surface area (Å²) in [5.41, 5.74) is 4.48. The lowest BCUT2D eigenvalue weighted by molar-refractivity contribution is 0.630. The van der Waals surface area contributed by atoms with Gasteiger partial charge in [-0.2, -0.15) is 0 Å². The molecular formula is C14H14. The first-order valence-electron chi connectivity index (χ1n) is 5.29. The van der Waals surface area contributed by atoms with Gasteiger partial charge in [0.1, 0.15) is 0 Å². The van der Waals surface area contributed by atoms with Gasteiger partial charge in [-0.1, -0.05) is 48.1 Å². The third-order valence-electron chi connectivity index (χ3n) is 3.36. The van der Waals surface area contributed by atoms with Crippen LogP contribution in [0.25, 0.3) is 0 Å². The minimum Gasteiger partial charge on any atom is -0.0802 e. The molecule has 0 amide bonds. The van der Waals surface area contributed by atoms with Crippen molar-refractivity contribution < 1.29 is 0 Å². The third-order valence-corrected chi connectivity index (χ3v) is 3.36. The predicted molar refractivity (Wildman–Crippen MR) is 59.4 cm³/mol. The fourth-order valence-electron chi connectivity index (χ4n) is 2.67. The minimum absolute atomic E-state index is 0.649. The maximum Gasteiger partial charge on any atom is 0.00899 e. The fraction of sp³-hybridized carbons (Fsp3) is 0.286. The van der Waals surface area contributed by atoms with E-state index in [0.29, 0.717) is 5.92 Å². The second kappa shape index (κ2) is 2.84. The third kappa shape index (κ3) is 1.07. The second-order valence-corrected chi connectivity index (χ2v) is 4.37. The van der Waals surface area contributed by atoms with Gasteiger partial charge in [-0.15, -0.1) is 0 Å². The van der Waals surface area contributed by atoms with Crippen molar-refractivity contribution in [2.45, 2.75) is 19.3 Å². The van der Waals surface area contributed by atoms with E-state index in [4.69, 9.17) is 0 Å². The van der Waals surface area contributed by atoms with E-state index in [1.165, 1.54) is 12.0 Å². The van der Waals surface area contributed by atoms with Crippen molar-refractivity contribution in [3.05, 3.63) is 59.2 Å². The van der Waals surface area contributed by atoms with Crippen LogP contribution in [0.2, 0.25) is 0 Å². The summed E-state index contributed by atoms with van der Waals surface area (Å²) in [6, 6.07) is 6.88. The molecule has 0 aromatic heterocycles. The van der Waals surface area contributed by atoms with Gasteiger partial charge in [0.25, 0.3) is 0 Å². The number of hydrogen-bond donors (Lipinski definition) is 0. The molecule has 0 heteroatoms. The van der Waals surface area contributed by atoms with Crippen LogP contribution in [0, 0.1) is 12.8 Å². The summed E-state index contributed by atoms with van der Waals surface area (Å²) >= 11 is 0. The summed E-state index contributed by atoms with van der Waals surface area (Å²) in [4.78, 5) is 0. The van der Waals surface area contributed by atoms with Crippen molar-refractivity contribution in [2.24, 2.45) is 5.92 Å². The highest BCUT2D eigenvalue weighted by molar-refractivity contribution is 5.44. The number of benzene rings is 1. The second-order valence-electron chi connectivity index (χ2n) is 4.37. The average molecular weight is 182 g/mol. The molecule has 2 atom stereocenters. The largest absolute Gasteiger partial charge is 0.0802 e. The Morgan fingerprint density at radius 2 is 2.00 bits per heavy atom. The van der Waals surface area contributed by atoms with Crippen LogP contribution in [0.5, 0.6) is 0 Å². The fourth-order valence-corrected chi connectivity index (χ4v) is 2.67. The maximum absolute atomic E-state index is 2.35. The molecule has 0 N–H and O–H groups in total. The molecule has 0 nitrogen and oxygen atoms in total. The monoisotopic (exact) mass is 182 g/mol. The minimum atomic E-state index is 0.649. The van der Waals surface area contributed by atoms with Crippen molar-refractivity contribution in [1.82, 2.24) is 0 Å². The Morgan fingerprint density at radius 3 is 2.93 bits per heavy atom. The van der Waals surface area contributed by atoms with Crippen LogP contribution in [0.3, 0.4) is 0 Å². The standard InChI is InChI=1S/C14H14/c1-10-6-7-14-12(8-10)9-11-4-2-3-5-13(11)14/h2-8,11,13H,9H2,1H3. The number of fused-ring (bicyclic) bond motifs is 3. The summed E-state index contributed by atoms with van der Waals surface area (Å²) in [5, 5.41) is 0. The molecule has 2 aliphatic carbocycles. The van der Waals surface area contributed by atoms with E-state index in [-0.39, 0.29) is 0 Å². The number of rotatable bonds is 0. The molecule has 2 unspecified atom stereocenters. The van der Waals surface area contributed by atoms with Crippen molar-refractivity contribution in [3.63, 3.8) is 0 Å². The van der Waals surface area contributed by atoms with E-state index in [1.807, 2.05) is 0 Å². The van der Waals surface area contributed by atoms with Crippen LogP contribution in [-0.2, 0) is 6.42 Å². The van der Waals surface area contributed by atoms with Crippen LogP contribution in [0.1, 0.15) is 22.6 Å². The normalized spacial score (nSPS) is 27.5. The van der Waals surface area contributed by atoms with Crippen molar-refractivity contribution >= 4 is 0 Å². The zero-order valence-corrected chi connectivity index (χ0v) is 8.40. The van der Waals surface area contributed by atoms with Crippen molar-refractivity contribution in [3.8, 4) is 0 Å². The summed E-state index contributed by atoms with van der Waals surface area (Å²) < 4.78 is 0. The van der Waals surface area contributed by atoms with Crippen LogP contribution < -0.4 is 0 Å². The van der Waals surface area contributed by atoms with Gasteiger partial charge in [-0.25, -0.2) is 0 Å². The van der Waals surface area contributed by atoms with Gasteiger partial charge < -0.3 is 0 Å². The molecule has 3 rings (SSSR count). The smallest absolute Gasteiger partial charge is 0.00899 e. The topological polar surface area (TPSA) is 0 Å². The Hall–Kier alpha value is -1.30. The Bertz CT molecular complexity index is 424. The van der Waals surface area contributed by atoms with Gasteiger partial charge in [0, 0.05) is 5.92 Å². The lowest BCUT2D eigenvalue weighted by Crippen LogP contribution is -2.04. The molecule has 70 valence electrons. The number of hydrogen-bond acceptors (Lipinski definition) is 0. The molecular weight excluding hydrogens is 168 g/mol. The van der Waals surface area contributed by atoms with Gasteiger partial charge in [0.15, 0.2) is 0 Å². The van der Waals surface area contributed by atoms with Crippen LogP contribution >= 0.6 is 0 Å². The van der Waals surface area contributed by atoms with Gasteiger partial charge in [0.05, 0.1) is 0 Å². The SMILES string of the molecule is Cc1ccc2c(c1)CC1C=CC=CC21. The lowest BCUT2D eigenvalue weighted by atomic mass is 9.89. The summed E-state index contributed by atoms with van der Waals surface area (Å²) in [6.45, 7) is 2.17. The lowest BCUT2D eigenvalue weighted by Gasteiger charge is -2.15. The highest BCUT2D eigenvalue weighted by Gasteiger charge is 2.29. The Labute approximate surface area is 85.0 Å². The molecule has 0 bridgehead atoms. The van der Waals surface area contributed by atoms with E-state index >= 15 is 0 Å². The zero-order chi connectivity index (χ0) is 9.54. The van der Waals surface area contributed by atoms with Gasteiger partial charge >= 0.3 is 0 Å². The van der Waals surface area contributed by atoms with E-state index in [2.05, 4.69) is 49.4 Å². The van der Waals surface area contributed by atoms with E-state index in [0.717, 1.165) is 5.92 Å². The summed E-state index contributed by atoms with van der Waals surface area (Å²) in [7, 11) is 0. The van der Waals surface area contributed by atoms with Crippen LogP contribution in [0.15, 0.2) is 42.5 Å². The highest BCUT2D eigenvalue weighted by atomic mass is 14.3. The number of allylic oxidation sites excluding steroid dienone is 4. The van der Waals surface area contributed by atoms with Crippen molar-refractivity contribution in [1.29, 1.82) is 0 Å². The first-order chi connectivity index (χ1) is 6.84. The molecule has 2 aliphatic rings. The van der Waals surface area contributed by atoms with Gasteiger partial charge in [-0.05, 0) is 30.4 Å². The van der Waals surface area contributed by atoms with E-state index in [1.54, 1.807) is 11.1 Å². The molecule has 0 saturated carbocycles. The zero-order valence-electron chi connectivity index (χ0n) is 8.40. The van der Waals surface area contributed by atoms with Crippen LogP contribution in [0.4, 0.5) is 0 Å². The Kier molecular flexibility index (Phi) is 1.63. The highest BCUT2D eigenvalue weighted by Crippen LogP contribution is 2.41. The summed E-state index contributed by atoms with van der Waals surface area (Å²) in [6.07, 6.45) is 10.3. The van der Waals surface area contributed by atoms with Crippen molar-refractivity contribution in [2.75, 3.05) is 0 Å². The molecule has 1 aromatic rings. The van der Waals surface area contributed by atoms with Crippen LogP contribution in [-0.4, -0.2) is 0 Å². The molecule has 0 aliphatic heterocycles. The number of aryl methyl sites for hydroxylation is 1. The van der Waals surface area contributed by atoms with E-state index in [9.17, 15) is 0 Å². The quantitative estimate of drug-likeness (QED) is 0.577. The Morgan fingerprint density at radius 1 is 1.14 bits per heavy atom. The maximum atomic E-state index is 2.35. The first-order valence-corrected chi connectivity index (χ1v) is 5.29. The Balaban J connectivity index is 2.11. The molecule has 0 radical (unpaired) electrons. The molecule has 1 aromatic carbocycles. The van der Waals surface area contributed by atoms with Gasteiger partial charge in [-0.3, -0.25) is 0 Å². The first kappa shape index (κ1) is 8.05. The average Bonchev–Trinajstić information content (AvgIpc) is 2.54. The summed E-state index contributed by atoms with van der Waals surface area (Å²) in [5.74, 6) is 1.37. The molecule has 14 heavy (non-hydrogen) atoms. The predicted octanol–water partition coefficient (Wildman–Crippen LogP) is 3.38. The van der Waals surface area contributed by atoms with Gasteiger partial charge in [0.2, 0.25) is 0 Å². The van der Waals surface area contributed by atoms with E-state index < -0.39 is 0 Å². The molecule has 0 heterocycles. The molecule has 0 saturated heterocycles. The molecule has 0 fully saturated rings. The molecule has 0 spiro atoms.